The summed E-state index contributed by atoms with van der Waals surface area (Å²) in [5, 5.41) is 9.38. The molecule has 2 N–H and O–H groups in total. The van der Waals surface area contributed by atoms with Crippen LogP contribution in [0.1, 0.15) is 21.5 Å². The van der Waals surface area contributed by atoms with E-state index in [0.717, 1.165) is 11.1 Å². The van der Waals surface area contributed by atoms with Crippen molar-refractivity contribution in [2.45, 2.75) is 13.3 Å². The molecule has 0 radical (unpaired) electrons. The fraction of sp³-hybridized carbons (Fsp3) is 0.333. The van der Waals surface area contributed by atoms with E-state index < -0.39 is 11.7 Å². The van der Waals surface area contributed by atoms with Gasteiger partial charge in [-0.15, -0.1) is 0 Å². The van der Waals surface area contributed by atoms with Gasteiger partial charge in [0.2, 0.25) is 0 Å². The highest BCUT2D eigenvalue weighted by atomic mass is 35.5. The number of hydrogen-bond donors (Lipinski definition) is 1. The molecule has 28 heavy (non-hydrogen) atoms. The van der Waals surface area contributed by atoms with Gasteiger partial charge in [-0.2, -0.15) is 5.26 Å². The van der Waals surface area contributed by atoms with Crippen LogP contribution >= 0.6 is 11.6 Å². The maximum atomic E-state index is 14.8. The number of ether oxygens (including phenoxy) is 1. The number of nitrogens with two attached hydrogens (primary N) is 1. The SMILES string of the molecule is COc1c(CCN)cc(Cl)c(C)c1-c1ccc(C(=O)N2CC(C#N)C2)c(F)c1. The first kappa shape index (κ1) is 20.1. The van der Waals surface area contributed by atoms with Gasteiger partial charge >= 0.3 is 0 Å². The van der Waals surface area contributed by atoms with E-state index in [1.165, 1.54) is 17.0 Å². The molecule has 1 heterocycles. The predicted octanol–water partition coefficient (Wildman–Crippen LogP) is 3.56. The number of amides is 1. The van der Waals surface area contributed by atoms with E-state index in [9.17, 15) is 9.18 Å². The maximum absolute atomic E-state index is 14.8. The van der Waals surface area contributed by atoms with Gasteiger partial charge in [-0.1, -0.05) is 17.7 Å². The Morgan fingerprint density at radius 3 is 2.71 bits per heavy atom. The minimum absolute atomic E-state index is 0.0130. The summed E-state index contributed by atoms with van der Waals surface area (Å²) in [6.45, 7) is 2.93. The molecule has 5 nitrogen and oxygen atoms in total. The van der Waals surface area contributed by atoms with Crippen LogP contribution in [0.2, 0.25) is 5.02 Å². The molecule has 1 fully saturated rings. The van der Waals surface area contributed by atoms with E-state index in [1.807, 2.05) is 13.0 Å². The Bertz CT molecular complexity index is 965. The Morgan fingerprint density at radius 1 is 1.43 bits per heavy atom. The summed E-state index contributed by atoms with van der Waals surface area (Å²) in [6.07, 6.45) is 0.574. The predicted molar refractivity (Wildman–Crippen MR) is 106 cm³/mol. The number of hydrogen-bond acceptors (Lipinski definition) is 4. The van der Waals surface area contributed by atoms with Crippen LogP contribution in [0.5, 0.6) is 5.75 Å². The van der Waals surface area contributed by atoms with Crippen molar-refractivity contribution in [3.63, 3.8) is 0 Å². The van der Waals surface area contributed by atoms with Crippen molar-refractivity contribution < 1.29 is 13.9 Å². The molecule has 0 bridgehead atoms. The van der Waals surface area contributed by atoms with E-state index in [0.29, 0.717) is 48.0 Å². The quantitative estimate of drug-likeness (QED) is 0.830. The van der Waals surface area contributed by atoms with E-state index in [4.69, 9.17) is 27.3 Å². The van der Waals surface area contributed by atoms with Crippen LogP contribution in [-0.2, 0) is 6.42 Å². The number of carbonyl (C=O) groups is 1. The van der Waals surface area contributed by atoms with Crippen LogP contribution in [-0.4, -0.2) is 37.6 Å². The molecule has 1 saturated heterocycles. The van der Waals surface area contributed by atoms with Crippen molar-refractivity contribution >= 4 is 17.5 Å². The lowest BCUT2D eigenvalue weighted by molar-refractivity contribution is 0.0572. The average molecular weight is 402 g/mol. The van der Waals surface area contributed by atoms with E-state index in [-0.39, 0.29) is 11.5 Å². The summed E-state index contributed by atoms with van der Waals surface area (Å²) < 4.78 is 20.4. The molecule has 0 aliphatic carbocycles. The second-order valence-electron chi connectivity index (χ2n) is 6.82. The Hall–Kier alpha value is -2.62. The van der Waals surface area contributed by atoms with Gasteiger partial charge in [0.1, 0.15) is 11.6 Å². The molecule has 2 aromatic rings. The Balaban J connectivity index is 2.01. The minimum Gasteiger partial charge on any atom is -0.496 e. The standard InChI is InChI=1S/C21H21ClFN3O2/c1-12-17(22)7-15(5-6-24)20(28-2)19(12)14-3-4-16(18(23)8-14)21(27)26-10-13(9-25)11-26/h3-4,7-8,13H,5-6,10-11,24H2,1-2H3. The van der Waals surface area contributed by atoms with Gasteiger partial charge in [-0.3, -0.25) is 4.79 Å². The van der Waals surface area contributed by atoms with Crippen molar-refractivity contribution in [2.24, 2.45) is 11.7 Å². The number of rotatable bonds is 5. The molecule has 7 heteroatoms. The highest BCUT2D eigenvalue weighted by Crippen LogP contribution is 2.40. The van der Waals surface area contributed by atoms with Crippen molar-refractivity contribution in [3.05, 3.63) is 51.8 Å². The average Bonchev–Trinajstić information content (AvgIpc) is 2.63. The van der Waals surface area contributed by atoms with Crippen LogP contribution < -0.4 is 10.5 Å². The monoisotopic (exact) mass is 401 g/mol. The lowest BCUT2D eigenvalue weighted by Gasteiger charge is -2.35. The molecule has 0 spiro atoms. The maximum Gasteiger partial charge on any atom is 0.256 e. The zero-order chi connectivity index (χ0) is 20.4. The number of nitriles is 1. The smallest absolute Gasteiger partial charge is 0.256 e. The zero-order valence-corrected chi connectivity index (χ0v) is 16.5. The molecular formula is C21H21ClFN3O2. The zero-order valence-electron chi connectivity index (χ0n) is 15.8. The summed E-state index contributed by atoms with van der Waals surface area (Å²) >= 11 is 6.37. The van der Waals surface area contributed by atoms with E-state index >= 15 is 0 Å². The largest absolute Gasteiger partial charge is 0.496 e. The number of benzene rings is 2. The van der Waals surface area contributed by atoms with Crippen LogP contribution in [0.4, 0.5) is 4.39 Å². The molecule has 146 valence electrons. The first-order valence-electron chi connectivity index (χ1n) is 8.96. The van der Waals surface area contributed by atoms with Crippen LogP contribution in [0.15, 0.2) is 24.3 Å². The number of carbonyl (C=O) groups excluding carboxylic acids is 1. The second kappa shape index (κ2) is 8.17. The molecule has 0 aromatic heterocycles. The molecule has 1 aliphatic rings. The van der Waals surface area contributed by atoms with Gasteiger partial charge < -0.3 is 15.4 Å². The highest BCUT2D eigenvalue weighted by molar-refractivity contribution is 6.32. The van der Waals surface area contributed by atoms with Crippen LogP contribution in [0.25, 0.3) is 11.1 Å². The molecule has 3 rings (SSSR count). The normalized spacial score (nSPS) is 13.8. The third-order valence-corrected chi connectivity index (χ3v) is 5.40. The van der Waals surface area contributed by atoms with Crippen molar-refractivity contribution in [1.82, 2.24) is 4.90 Å². The van der Waals surface area contributed by atoms with Gasteiger partial charge in [0.15, 0.2) is 0 Å². The van der Waals surface area contributed by atoms with E-state index in [2.05, 4.69) is 6.07 Å². The lowest BCUT2D eigenvalue weighted by Crippen LogP contribution is -2.49. The summed E-state index contributed by atoms with van der Waals surface area (Å²) in [5.74, 6) is -0.602. The minimum atomic E-state index is -0.621. The third kappa shape index (κ3) is 3.56. The number of likely N-dealkylation sites (tertiary alicyclic amines) is 1. The second-order valence-corrected chi connectivity index (χ2v) is 7.23. The summed E-state index contributed by atoms with van der Waals surface area (Å²) in [4.78, 5) is 13.9. The highest BCUT2D eigenvalue weighted by Gasteiger charge is 2.32. The van der Waals surface area contributed by atoms with Gasteiger partial charge in [0.05, 0.1) is 24.7 Å². The van der Waals surface area contributed by atoms with Crippen molar-refractivity contribution in [3.8, 4) is 22.9 Å². The summed E-state index contributed by atoms with van der Waals surface area (Å²) in [7, 11) is 1.55. The molecular weight excluding hydrogens is 381 g/mol. The fourth-order valence-corrected chi connectivity index (χ4v) is 3.67. The third-order valence-electron chi connectivity index (χ3n) is 5.01. The molecule has 0 atom stereocenters. The van der Waals surface area contributed by atoms with Gasteiger partial charge in [0, 0.05) is 23.7 Å². The summed E-state index contributed by atoms with van der Waals surface area (Å²) in [5.41, 5.74) is 8.54. The Labute approximate surface area is 168 Å². The topological polar surface area (TPSA) is 79.3 Å². The Kier molecular flexibility index (Phi) is 5.87. The van der Waals surface area contributed by atoms with Crippen molar-refractivity contribution in [2.75, 3.05) is 26.7 Å². The first-order chi connectivity index (χ1) is 13.4. The Morgan fingerprint density at radius 2 is 2.14 bits per heavy atom. The molecule has 2 aromatic carbocycles. The number of nitrogens with zero attached hydrogens (tertiary/aromatic N) is 2. The molecule has 0 saturated carbocycles. The van der Waals surface area contributed by atoms with Gasteiger partial charge in [-0.25, -0.2) is 4.39 Å². The molecule has 1 aliphatic heterocycles. The summed E-state index contributed by atoms with van der Waals surface area (Å²) in [6, 6.07) is 8.39. The fourth-order valence-electron chi connectivity index (χ4n) is 3.44. The van der Waals surface area contributed by atoms with Crippen LogP contribution in [0, 0.1) is 30.0 Å². The van der Waals surface area contributed by atoms with Crippen LogP contribution in [0.3, 0.4) is 0 Å². The van der Waals surface area contributed by atoms with Gasteiger partial charge in [-0.05, 0) is 54.8 Å². The molecule has 0 unspecified atom stereocenters. The van der Waals surface area contributed by atoms with E-state index in [1.54, 1.807) is 13.2 Å². The molecule has 1 amide bonds. The number of methoxy groups -OCH3 is 1. The van der Waals surface area contributed by atoms with Crippen molar-refractivity contribution in [1.29, 1.82) is 5.26 Å². The first-order valence-corrected chi connectivity index (χ1v) is 9.33. The number of halogens is 2. The van der Waals surface area contributed by atoms with Gasteiger partial charge in [0.25, 0.3) is 5.91 Å². The lowest BCUT2D eigenvalue weighted by atomic mass is 9.93.